The lowest BCUT2D eigenvalue weighted by Gasteiger charge is -2.18. The maximum absolute atomic E-state index is 12.8. The Morgan fingerprint density at radius 1 is 1.27 bits per heavy atom. The van der Waals surface area contributed by atoms with E-state index in [0.717, 1.165) is 37.9 Å². The van der Waals surface area contributed by atoms with Crippen molar-refractivity contribution in [3.05, 3.63) is 46.7 Å². The standard InChI is InChI=1S/C19H21ClN4O2/c1-23-11-12(10-21-23)14-9-15(14)18(25)22-17-5-4-13(20)8-16(17)19(26)24-6-2-3-7-24/h4-5,8,10-11,14-15H,2-3,6-7,9H2,1H3,(H,22,25). The summed E-state index contributed by atoms with van der Waals surface area (Å²) in [4.78, 5) is 27.2. The maximum Gasteiger partial charge on any atom is 0.256 e. The number of nitrogens with one attached hydrogen (secondary N) is 1. The molecule has 1 aliphatic heterocycles. The highest BCUT2D eigenvalue weighted by Gasteiger charge is 2.44. The molecule has 2 aliphatic rings. The molecule has 1 aromatic heterocycles. The lowest BCUT2D eigenvalue weighted by atomic mass is 10.1. The minimum Gasteiger partial charge on any atom is -0.339 e. The summed E-state index contributed by atoms with van der Waals surface area (Å²) in [6.07, 6.45) is 6.59. The zero-order valence-corrected chi connectivity index (χ0v) is 15.4. The van der Waals surface area contributed by atoms with Gasteiger partial charge in [0.25, 0.3) is 5.91 Å². The highest BCUT2D eigenvalue weighted by atomic mass is 35.5. The third kappa shape index (κ3) is 3.33. The van der Waals surface area contributed by atoms with E-state index in [2.05, 4.69) is 10.4 Å². The van der Waals surface area contributed by atoms with E-state index in [1.807, 2.05) is 24.3 Å². The van der Waals surface area contributed by atoms with Crippen LogP contribution in [0.4, 0.5) is 5.69 Å². The number of benzene rings is 1. The molecule has 1 saturated heterocycles. The molecule has 2 unspecified atom stereocenters. The minimum atomic E-state index is -0.0791. The van der Waals surface area contributed by atoms with Crippen molar-refractivity contribution in [1.29, 1.82) is 0 Å². The normalized spacial score (nSPS) is 21.7. The Labute approximate surface area is 157 Å². The topological polar surface area (TPSA) is 67.2 Å². The number of anilines is 1. The summed E-state index contributed by atoms with van der Waals surface area (Å²) in [5, 5.41) is 7.60. The fourth-order valence-corrected chi connectivity index (χ4v) is 3.78. The van der Waals surface area contributed by atoms with Gasteiger partial charge in [-0.25, -0.2) is 0 Å². The second kappa shape index (κ2) is 6.76. The first kappa shape index (κ1) is 17.1. The van der Waals surface area contributed by atoms with Crippen LogP contribution in [0.5, 0.6) is 0 Å². The summed E-state index contributed by atoms with van der Waals surface area (Å²) < 4.78 is 1.74. The molecule has 1 saturated carbocycles. The molecule has 1 aliphatic carbocycles. The summed E-state index contributed by atoms with van der Waals surface area (Å²) >= 11 is 6.09. The van der Waals surface area contributed by atoms with Crippen molar-refractivity contribution in [3.8, 4) is 0 Å². The number of likely N-dealkylation sites (tertiary alicyclic amines) is 1. The number of amides is 2. The van der Waals surface area contributed by atoms with Crippen LogP contribution in [0, 0.1) is 5.92 Å². The van der Waals surface area contributed by atoms with Gasteiger partial charge in [0, 0.05) is 37.3 Å². The quantitative estimate of drug-likeness (QED) is 0.896. The van der Waals surface area contributed by atoms with Gasteiger partial charge in [-0.1, -0.05) is 11.6 Å². The van der Waals surface area contributed by atoms with Crippen LogP contribution in [0.2, 0.25) is 5.02 Å². The summed E-state index contributed by atoms with van der Waals surface area (Å²) in [6, 6.07) is 5.05. The van der Waals surface area contributed by atoms with E-state index in [0.29, 0.717) is 16.3 Å². The van der Waals surface area contributed by atoms with Crippen molar-refractivity contribution < 1.29 is 9.59 Å². The van der Waals surface area contributed by atoms with Crippen molar-refractivity contribution in [3.63, 3.8) is 0 Å². The minimum absolute atomic E-state index is 0.0587. The lowest BCUT2D eigenvalue weighted by molar-refractivity contribution is -0.117. The monoisotopic (exact) mass is 372 g/mol. The molecule has 1 N–H and O–H groups in total. The zero-order valence-electron chi connectivity index (χ0n) is 14.6. The van der Waals surface area contributed by atoms with Crippen molar-refractivity contribution in [2.24, 2.45) is 13.0 Å². The Bertz CT molecular complexity index is 857. The number of aryl methyl sites for hydroxylation is 1. The molecule has 2 atom stereocenters. The SMILES string of the molecule is Cn1cc(C2CC2C(=O)Nc2ccc(Cl)cc2C(=O)N2CCCC2)cn1. The van der Waals surface area contributed by atoms with Gasteiger partial charge in [-0.05, 0) is 48.9 Å². The van der Waals surface area contributed by atoms with E-state index in [1.54, 1.807) is 22.9 Å². The van der Waals surface area contributed by atoms with Crippen LogP contribution in [0.25, 0.3) is 0 Å². The Morgan fingerprint density at radius 2 is 2.04 bits per heavy atom. The predicted molar refractivity (Wildman–Crippen MR) is 99.3 cm³/mol. The van der Waals surface area contributed by atoms with E-state index in [1.165, 1.54) is 0 Å². The average molecular weight is 373 g/mol. The highest BCUT2D eigenvalue weighted by Crippen LogP contribution is 2.48. The van der Waals surface area contributed by atoms with E-state index in [-0.39, 0.29) is 23.7 Å². The summed E-state index contributed by atoms with van der Waals surface area (Å²) in [5.74, 6) is -0.00472. The van der Waals surface area contributed by atoms with Crippen LogP contribution in [0.15, 0.2) is 30.6 Å². The van der Waals surface area contributed by atoms with Gasteiger partial charge in [0.05, 0.1) is 17.4 Å². The van der Waals surface area contributed by atoms with E-state index >= 15 is 0 Å². The number of rotatable bonds is 4. The molecule has 1 aromatic carbocycles. The molecule has 26 heavy (non-hydrogen) atoms. The molecule has 0 radical (unpaired) electrons. The van der Waals surface area contributed by atoms with Crippen LogP contribution in [0.3, 0.4) is 0 Å². The summed E-state index contributed by atoms with van der Waals surface area (Å²) in [6.45, 7) is 1.51. The summed E-state index contributed by atoms with van der Waals surface area (Å²) in [7, 11) is 1.87. The third-order valence-corrected chi connectivity index (χ3v) is 5.38. The van der Waals surface area contributed by atoms with Crippen LogP contribution < -0.4 is 5.32 Å². The van der Waals surface area contributed by atoms with Crippen LogP contribution in [-0.4, -0.2) is 39.6 Å². The molecule has 2 heterocycles. The van der Waals surface area contributed by atoms with Crippen molar-refractivity contribution in [2.75, 3.05) is 18.4 Å². The Kier molecular flexibility index (Phi) is 4.44. The van der Waals surface area contributed by atoms with Gasteiger partial charge >= 0.3 is 0 Å². The van der Waals surface area contributed by atoms with Crippen LogP contribution in [-0.2, 0) is 11.8 Å². The number of carbonyl (C=O) groups is 2. The lowest BCUT2D eigenvalue weighted by Crippen LogP contribution is -2.29. The first-order valence-electron chi connectivity index (χ1n) is 8.91. The molecule has 136 valence electrons. The number of hydrogen-bond acceptors (Lipinski definition) is 3. The molecule has 2 fully saturated rings. The summed E-state index contributed by atoms with van der Waals surface area (Å²) in [5.41, 5.74) is 2.08. The molecule has 4 rings (SSSR count). The molecule has 0 bridgehead atoms. The predicted octanol–water partition coefficient (Wildman–Crippen LogP) is 3.05. The van der Waals surface area contributed by atoms with E-state index in [9.17, 15) is 9.59 Å². The van der Waals surface area contributed by atoms with Gasteiger partial charge in [0.15, 0.2) is 0 Å². The zero-order chi connectivity index (χ0) is 18.3. The maximum atomic E-state index is 12.8. The first-order valence-corrected chi connectivity index (χ1v) is 9.29. The largest absolute Gasteiger partial charge is 0.339 e. The molecule has 7 heteroatoms. The van der Waals surface area contributed by atoms with Crippen LogP contribution in [0.1, 0.15) is 41.1 Å². The van der Waals surface area contributed by atoms with Gasteiger partial charge in [-0.3, -0.25) is 14.3 Å². The smallest absolute Gasteiger partial charge is 0.256 e. The molecule has 0 spiro atoms. The Balaban J connectivity index is 1.49. The van der Waals surface area contributed by atoms with Crippen molar-refractivity contribution >= 4 is 29.1 Å². The number of hydrogen-bond donors (Lipinski definition) is 1. The number of aromatic nitrogens is 2. The first-order chi connectivity index (χ1) is 12.5. The number of carbonyl (C=O) groups excluding carboxylic acids is 2. The molecular formula is C19H21ClN4O2. The van der Waals surface area contributed by atoms with Gasteiger partial charge in [0.1, 0.15) is 0 Å². The van der Waals surface area contributed by atoms with E-state index < -0.39 is 0 Å². The van der Waals surface area contributed by atoms with Crippen LogP contribution >= 0.6 is 11.6 Å². The highest BCUT2D eigenvalue weighted by molar-refractivity contribution is 6.31. The van der Waals surface area contributed by atoms with Gasteiger partial charge in [-0.15, -0.1) is 0 Å². The Morgan fingerprint density at radius 3 is 2.73 bits per heavy atom. The molecule has 2 aromatic rings. The molecule has 6 nitrogen and oxygen atoms in total. The van der Waals surface area contributed by atoms with Gasteiger partial charge in [-0.2, -0.15) is 5.10 Å². The molecular weight excluding hydrogens is 352 g/mol. The fourth-order valence-electron chi connectivity index (χ4n) is 3.60. The second-order valence-corrected chi connectivity index (χ2v) is 7.51. The molecule has 2 amide bonds. The van der Waals surface area contributed by atoms with Crippen molar-refractivity contribution in [1.82, 2.24) is 14.7 Å². The van der Waals surface area contributed by atoms with Gasteiger partial charge < -0.3 is 10.2 Å². The number of halogens is 1. The van der Waals surface area contributed by atoms with E-state index in [4.69, 9.17) is 11.6 Å². The Hall–Kier alpha value is -2.34. The second-order valence-electron chi connectivity index (χ2n) is 7.07. The van der Waals surface area contributed by atoms with Crippen molar-refractivity contribution in [2.45, 2.75) is 25.2 Å². The number of nitrogens with zero attached hydrogens (tertiary/aromatic N) is 3. The average Bonchev–Trinajstić information content (AvgIpc) is 3.02. The third-order valence-electron chi connectivity index (χ3n) is 5.14. The van der Waals surface area contributed by atoms with Gasteiger partial charge in [0.2, 0.25) is 5.91 Å². The fraction of sp³-hybridized carbons (Fsp3) is 0.421.